The van der Waals surface area contributed by atoms with Crippen molar-refractivity contribution in [2.45, 2.75) is 53.1 Å². The molecule has 0 aliphatic heterocycles. The Labute approximate surface area is 116 Å². The summed E-state index contributed by atoms with van der Waals surface area (Å²) in [5.74, 6) is 0.964. The van der Waals surface area contributed by atoms with Gasteiger partial charge in [0.05, 0.1) is 12.7 Å². The SMILES string of the molecule is Cc1cc(CNC(C)C)cc(C)c1OCCCC#N. The fourth-order valence-electron chi connectivity index (χ4n) is 2.02. The summed E-state index contributed by atoms with van der Waals surface area (Å²) in [5.41, 5.74) is 3.61. The zero-order chi connectivity index (χ0) is 14.3. The minimum absolute atomic E-state index is 0.488. The van der Waals surface area contributed by atoms with E-state index >= 15 is 0 Å². The standard InChI is InChI=1S/C16H24N2O/c1-12(2)18-11-15-9-13(3)16(14(4)10-15)19-8-6-5-7-17/h9-10,12,18H,5-6,8,11H2,1-4H3. The predicted molar refractivity (Wildman–Crippen MR) is 78.2 cm³/mol. The highest BCUT2D eigenvalue weighted by Gasteiger charge is 2.06. The van der Waals surface area contributed by atoms with E-state index in [0.29, 0.717) is 19.1 Å². The molecular weight excluding hydrogens is 236 g/mol. The second-order valence-electron chi connectivity index (χ2n) is 5.20. The van der Waals surface area contributed by atoms with E-state index < -0.39 is 0 Å². The van der Waals surface area contributed by atoms with Crippen LogP contribution in [0.15, 0.2) is 12.1 Å². The van der Waals surface area contributed by atoms with Gasteiger partial charge in [0, 0.05) is 19.0 Å². The van der Waals surface area contributed by atoms with Crippen LogP contribution in [0.5, 0.6) is 5.75 Å². The number of hydrogen-bond donors (Lipinski definition) is 1. The fourth-order valence-corrected chi connectivity index (χ4v) is 2.02. The lowest BCUT2D eigenvalue weighted by molar-refractivity contribution is 0.308. The molecule has 0 saturated heterocycles. The molecule has 19 heavy (non-hydrogen) atoms. The van der Waals surface area contributed by atoms with Crippen molar-refractivity contribution in [2.75, 3.05) is 6.61 Å². The first-order valence-corrected chi connectivity index (χ1v) is 6.88. The van der Waals surface area contributed by atoms with Gasteiger partial charge in [0.25, 0.3) is 0 Å². The molecule has 0 unspecified atom stereocenters. The minimum Gasteiger partial charge on any atom is -0.493 e. The number of benzene rings is 1. The van der Waals surface area contributed by atoms with Crippen molar-refractivity contribution in [2.24, 2.45) is 0 Å². The van der Waals surface area contributed by atoms with Gasteiger partial charge >= 0.3 is 0 Å². The summed E-state index contributed by atoms with van der Waals surface area (Å²) < 4.78 is 5.78. The zero-order valence-electron chi connectivity index (χ0n) is 12.4. The Morgan fingerprint density at radius 2 is 1.89 bits per heavy atom. The van der Waals surface area contributed by atoms with Crippen LogP contribution in [0, 0.1) is 25.2 Å². The van der Waals surface area contributed by atoms with E-state index in [-0.39, 0.29) is 0 Å². The third-order valence-corrected chi connectivity index (χ3v) is 2.91. The number of nitriles is 1. The van der Waals surface area contributed by atoms with E-state index in [0.717, 1.165) is 29.8 Å². The van der Waals surface area contributed by atoms with E-state index in [1.807, 2.05) is 0 Å². The normalized spacial score (nSPS) is 10.5. The molecule has 0 aliphatic rings. The predicted octanol–water partition coefficient (Wildman–Crippen LogP) is 3.48. The van der Waals surface area contributed by atoms with E-state index in [2.05, 4.69) is 51.2 Å². The maximum Gasteiger partial charge on any atom is 0.125 e. The summed E-state index contributed by atoms with van der Waals surface area (Å²) in [5, 5.41) is 11.9. The molecule has 0 atom stereocenters. The van der Waals surface area contributed by atoms with E-state index in [9.17, 15) is 0 Å². The van der Waals surface area contributed by atoms with Crippen molar-refractivity contribution >= 4 is 0 Å². The summed E-state index contributed by atoms with van der Waals surface area (Å²) in [6.45, 7) is 9.93. The molecule has 0 fully saturated rings. The molecule has 3 heteroatoms. The molecule has 3 nitrogen and oxygen atoms in total. The summed E-state index contributed by atoms with van der Waals surface area (Å²) >= 11 is 0. The highest BCUT2D eigenvalue weighted by molar-refractivity contribution is 5.43. The van der Waals surface area contributed by atoms with Crippen molar-refractivity contribution in [1.82, 2.24) is 5.32 Å². The molecule has 1 rings (SSSR count). The Morgan fingerprint density at radius 1 is 1.26 bits per heavy atom. The van der Waals surface area contributed by atoms with Crippen molar-refractivity contribution in [3.8, 4) is 11.8 Å². The second-order valence-corrected chi connectivity index (χ2v) is 5.20. The molecule has 0 aliphatic carbocycles. The number of hydrogen-bond acceptors (Lipinski definition) is 3. The number of ether oxygens (including phenoxy) is 1. The van der Waals surface area contributed by atoms with Gasteiger partial charge < -0.3 is 10.1 Å². The molecule has 1 aromatic carbocycles. The van der Waals surface area contributed by atoms with Gasteiger partial charge in [-0.1, -0.05) is 26.0 Å². The maximum absolute atomic E-state index is 8.50. The van der Waals surface area contributed by atoms with Gasteiger partial charge in [-0.05, 0) is 37.0 Å². The van der Waals surface area contributed by atoms with Gasteiger partial charge in [0.1, 0.15) is 5.75 Å². The fraction of sp³-hybridized carbons (Fsp3) is 0.562. The van der Waals surface area contributed by atoms with Crippen molar-refractivity contribution < 1.29 is 4.74 Å². The van der Waals surface area contributed by atoms with Crippen molar-refractivity contribution in [3.05, 3.63) is 28.8 Å². The van der Waals surface area contributed by atoms with Crippen LogP contribution in [0.2, 0.25) is 0 Å². The molecule has 1 N–H and O–H groups in total. The maximum atomic E-state index is 8.50. The van der Waals surface area contributed by atoms with Crippen LogP contribution in [0.25, 0.3) is 0 Å². The first-order valence-electron chi connectivity index (χ1n) is 6.88. The van der Waals surface area contributed by atoms with E-state index in [4.69, 9.17) is 10.00 Å². The summed E-state index contributed by atoms with van der Waals surface area (Å²) in [4.78, 5) is 0. The molecule has 0 amide bonds. The Bertz CT molecular complexity index is 424. The van der Waals surface area contributed by atoms with Crippen molar-refractivity contribution in [3.63, 3.8) is 0 Å². The highest BCUT2D eigenvalue weighted by Crippen LogP contribution is 2.25. The van der Waals surface area contributed by atoms with Gasteiger partial charge in [-0.25, -0.2) is 0 Å². The summed E-state index contributed by atoms with van der Waals surface area (Å²) in [6, 6.07) is 6.96. The molecular formula is C16H24N2O. The lowest BCUT2D eigenvalue weighted by Gasteiger charge is -2.15. The Hall–Kier alpha value is -1.53. The first kappa shape index (κ1) is 15.5. The Kier molecular flexibility index (Phi) is 6.38. The van der Waals surface area contributed by atoms with Crippen LogP contribution in [-0.4, -0.2) is 12.6 Å². The average Bonchev–Trinajstić information content (AvgIpc) is 2.34. The molecule has 0 bridgehead atoms. The van der Waals surface area contributed by atoms with Gasteiger partial charge in [-0.3, -0.25) is 0 Å². The molecule has 0 saturated carbocycles. The molecule has 0 radical (unpaired) electrons. The molecule has 0 heterocycles. The van der Waals surface area contributed by atoms with Crippen LogP contribution >= 0.6 is 0 Å². The highest BCUT2D eigenvalue weighted by atomic mass is 16.5. The number of nitrogens with zero attached hydrogens (tertiary/aromatic N) is 1. The average molecular weight is 260 g/mol. The largest absolute Gasteiger partial charge is 0.493 e. The van der Waals surface area contributed by atoms with Gasteiger partial charge in [-0.15, -0.1) is 0 Å². The van der Waals surface area contributed by atoms with E-state index in [1.165, 1.54) is 5.56 Å². The molecule has 104 valence electrons. The third-order valence-electron chi connectivity index (χ3n) is 2.91. The summed E-state index contributed by atoms with van der Waals surface area (Å²) in [6.07, 6.45) is 1.33. The second kappa shape index (κ2) is 7.81. The Balaban J connectivity index is 2.66. The number of aryl methyl sites for hydroxylation is 2. The van der Waals surface area contributed by atoms with Crippen LogP contribution in [0.4, 0.5) is 0 Å². The van der Waals surface area contributed by atoms with Gasteiger partial charge in [-0.2, -0.15) is 5.26 Å². The van der Waals surface area contributed by atoms with Crippen LogP contribution in [0.3, 0.4) is 0 Å². The lowest BCUT2D eigenvalue weighted by atomic mass is 10.1. The smallest absolute Gasteiger partial charge is 0.125 e. The third kappa shape index (κ3) is 5.32. The quantitative estimate of drug-likeness (QED) is 0.763. The number of rotatable bonds is 7. The first-order chi connectivity index (χ1) is 9.04. The van der Waals surface area contributed by atoms with Crippen LogP contribution in [-0.2, 0) is 6.54 Å². The number of nitrogens with one attached hydrogen (secondary N) is 1. The molecule has 0 aromatic heterocycles. The van der Waals surface area contributed by atoms with Crippen LogP contribution < -0.4 is 10.1 Å². The zero-order valence-corrected chi connectivity index (χ0v) is 12.4. The summed E-state index contributed by atoms with van der Waals surface area (Å²) in [7, 11) is 0. The Morgan fingerprint density at radius 3 is 2.42 bits per heavy atom. The van der Waals surface area contributed by atoms with Crippen LogP contribution in [0.1, 0.15) is 43.4 Å². The van der Waals surface area contributed by atoms with Gasteiger partial charge in [0.15, 0.2) is 0 Å². The number of unbranched alkanes of at least 4 members (excludes halogenated alkanes) is 1. The lowest BCUT2D eigenvalue weighted by Crippen LogP contribution is -2.21. The van der Waals surface area contributed by atoms with Gasteiger partial charge in [0.2, 0.25) is 0 Å². The molecule has 0 spiro atoms. The monoisotopic (exact) mass is 260 g/mol. The molecule has 1 aromatic rings. The minimum atomic E-state index is 0.488. The van der Waals surface area contributed by atoms with E-state index in [1.54, 1.807) is 0 Å². The topological polar surface area (TPSA) is 45.0 Å². The van der Waals surface area contributed by atoms with Crippen molar-refractivity contribution in [1.29, 1.82) is 5.26 Å².